The van der Waals surface area contributed by atoms with Crippen LogP contribution in [0.2, 0.25) is 0 Å². The van der Waals surface area contributed by atoms with Gasteiger partial charge in [0.05, 0.1) is 0 Å². The maximum absolute atomic E-state index is 3.74. The van der Waals surface area contributed by atoms with Crippen LogP contribution in [0.4, 0.5) is 0 Å². The fourth-order valence-corrected chi connectivity index (χ4v) is 2.53. The highest BCUT2D eigenvalue weighted by Crippen LogP contribution is 2.10. The van der Waals surface area contributed by atoms with Crippen molar-refractivity contribution in [2.24, 2.45) is 0 Å². The van der Waals surface area contributed by atoms with E-state index < -0.39 is 0 Å². The van der Waals surface area contributed by atoms with E-state index in [1.165, 1.54) is 18.5 Å². The van der Waals surface area contributed by atoms with Crippen LogP contribution in [0, 0.1) is 0 Å². The van der Waals surface area contributed by atoms with E-state index in [4.69, 9.17) is 0 Å². The lowest BCUT2D eigenvalue weighted by Crippen LogP contribution is -2.55. The SMILES string of the molecule is CCC1CN(C)C[C@H](Cc2ccccc2)N1. The Morgan fingerprint density at radius 2 is 1.88 bits per heavy atom. The average Bonchev–Trinajstić information content (AvgIpc) is 2.29. The number of nitrogens with zero attached hydrogens (tertiary/aromatic N) is 1. The molecule has 1 fully saturated rings. The molecule has 1 aromatic carbocycles. The molecule has 1 aromatic rings. The summed E-state index contributed by atoms with van der Waals surface area (Å²) in [6, 6.07) is 12.0. The summed E-state index contributed by atoms with van der Waals surface area (Å²) in [7, 11) is 2.22. The van der Waals surface area contributed by atoms with Gasteiger partial charge in [0.15, 0.2) is 0 Å². The van der Waals surface area contributed by atoms with E-state index in [0.717, 1.165) is 13.0 Å². The minimum atomic E-state index is 0.603. The molecule has 0 aromatic heterocycles. The first-order chi connectivity index (χ1) is 7.78. The van der Waals surface area contributed by atoms with Gasteiger partial charge in [0.2, 0.25) is 0 Å². The van der Waals surface area contributed by atoms with Crippen molar-refractivity contribution in [2.75, 3.05) is 20.1 Å². The smallest absolute Gasteiger partial charge is 0.0238 e. The molecule has 1 aliphatic heterocycles. The molecule has 0 amide bonds. The maximum Gasteiger partial charge on any atom is 0.0238 e. The number of likely N-dealkylation sites (N-methyl/N-ethyl adjacent to an activating group) is 1. The highest BCUT2D eigenvalue weighted by atomic mass is 15.2. The van der Waals surface area contributed by atoms with Gasteiger partial charge in [-0.25, -0.2) is 0 Å². The van der Waals surface area contributed by atoms with Crippen LogP contribution in [0.5, 0.6) is 0 Å². The Balaban J connectivity index is 1.94. The molecule has 1 heterocycles. The molecule has 2 atom stereocenters. The van der Waals surface area contributed by atoms with E-state index in [9.17, 15) is 0 Å². The number of nitrogens with one attached hydrogen (secondary N) is 1. The molecule has 0 spiro atoms. The fourth-order valence-electron chi connectivity index (χ4n) is 2.53. The van der Waals surface area contributed by atoms with Crippen LogP contribution < -0.4 is 5.32 Å². The molecule has 1 N–H and O–H groups in total. The number of rotatable bonds is 3. The van der Waals surface area contributed by atoms with E-state index in [0.29, 0.717) is 12.1 Å². The molecule has 0 saturated carbocycles. The molecule has 2 nitrogen and oxygen atoms in total. The summed E-state index contributed by atoms with van der Waals surface area (Å²) in [5.74, 6) is 0. The molecule has 0 aliphatic carbocycles. The summed E-state index contributed by atoms with van der Waals surface area (Å²) in [5, 5.41) is 3.74. The Kier molecular flexibility index (Phi) is 3.97. The number of benzene rings is 1. The Morgan fingerprint density at radius 3 is 2.56 bits per heavy atom. The van der Waals surface area contributed by atoms with Crippen LogP contribution in [0.15, 0.2) is 30.3 Å². The summed E-state index contributed by atoms with van der Waals surface area (Å²) in [6.07, 6.45) is 2.36. The topological polar surface area (TPSA) is 15.3 Å². The van der Waals surface area contributed by atoms with Gasteiger partial charge in [-0.3, -0.25) is 0 Å². The van der Waals surface area contributed by atoms with Crippen molar-refractivity contribution < 1.29 is 0 Å². The van der Waals surface area contributed by atoms with Crippen molar-refractivity contribution >= 4 is 0 Å². The molecule has 1 saturated heterocycles. The number of hydrogen-bond donors (Lipinski definition) is 1. The Hall–Kier alpha value is -0.860. The zero-order chi connectivity index (χ0) is 11.4. The lowest BCUT2D eigenvalue weighted by Gasteiger charge is -2.36. The molecule has 0 radical (unpaired) electrons. The van der Waals surface area contributed by atoms with Gasteiger partial charge in [0, 0.05) is 25.2 Å². The van der Waals surface area contributed by atoms with Crippen molar-refractivity contribution in [3.05, 3.63) is 35.9 Å². The first-order valence-corrected chi connectivity index (χ1v) is 6.26. The first kappa shape index (κ1) is 11.6. The van der Waals surface area contributed by atoms with Crippen LogP contribution >= 0.6 is 0 Å². The third-order valence-corrected chi connectivity index (χ3v) is 3.35. The van der Waals surface area contributed by atoms with Gasteiger partial charge in [0.25, 0.3) is 0 Å². The zero-order valence-electron chi connectivity index (χ0n) is 10.3. The van der Waals surface area contributed by atoms with E-state index in [1.807, 2.05) is 0 Å². The lowest BCUT2D eigenvalue weighted by atomic mass is 10.0. The molecule has 88 valence electrons. The molecule has 2 rings (SSSR count). The predicted molar refractivity (Wildman–Crippen MR) is 68.6 cm³/mol. The summed E-state index contributed by atoms with van der Waals surface area (Å²) < 4.78 is 0. The van der Waals surface area contributed by atoms with Crippen LogP contribution in [0.3, 0.4) is 0 Å². The highest BCUT2D eigenvalue weighted by molar-refractivity contribution is 5.16. The zero-order valence-corrected chi connectivity index (χ0v) is 10.3. The third-order valence-electron chi connectivity index (χ3n) is 3.35. The summed E-state index contributed by atoms with van der Waals surface area (Å²) in [4.78, 5) is 2.44. The minimum absolute atomic E-state index is 0.603. The van der Waals surface area contributed by atoms with E-state index in [1.54, 1.807) is 0 Å². The molecule has 1 unspecified atom stereocenters. The van der Waals surface area contributed by atoms with Crippen molar-refractivity contribution in [1.82, 2.24) is 10.2 Å². The molecule has 0 bridgehead atoms. The van der Waals surface area contributed by atoms with Gasteiger partial charge in [-0.1, -0.05) is 37.3 Å². The van der Waals surface area contributed by atoms with Gasteiger partial charge in [-0.05, 0) is 25.5 Å². The second-order valence-corrected chi connectivity index (χ2v) is 4.88. The van der Waals surface area contributed by atoms with Crippen molar-refractivity contribution in [2.45, 2.75) is 31.8 Å². The van der Waals surface area contributed by atoms with Gasteiger partial charge in [-0.2, -0.15) is 0 Å². The normalized spacial score (nSPS) is 26.9. The Labute approximate surface area is 98.7 Å². The van der Waals surface area contributed by atoms with E-state index in [-0.39, 0.29) is 0 Å². The maximum atomic E-state index is 3.74. The van der Waals surface area contributed by atoms with Crippen LogP contribution in [-0.2, 0) is 6.42 Å². The quantitative estimate of drug-likeness (QED) is 0.834. The van der Waals surface area contributed by atoms with Crippen LogP contribution in [-0.4, -0.2) is 37.1 Å². The molecular weight excluding hydrogens is 196 g/mol. The highest BCUT2D eigenvalue weighted by Gasteiger charge is 2.22. The number of piperazine rings is 1. The Bertz CT molecular complexity index is 310. The summed E-state index contributed by atoms with van der Waals surface area (Å²) >= 11 is 0. The Morgan fingerprint density at radius 1 is 1.19 bits per heavy atom. The van der Waals surface area contributed by atoms with Gasteiger partial charge < -0.3 is 10.2 Å². The van der Waals surface area contributed by atoms with Crippen molar-refractivity contribution in [1.29, 1.82) is 0 Å². The average molecular weight is 218 g/mol. The minimum Gasteiger partial charge on any atom is -0.308 e. The second-order valence-electron chi connectivity index (χ2n) is 4.88. The van der Waals surface area contributed by atoms with Gasteiger partial charge >= 0.3 is 0 Å². The monoisotopic (exact) mass is 218 g/mol. The standard InChI is InChI=1S/C14H22N2/c1-3-13-10-16(2)11-14(15-13)9-12-7-5-4-6-8-12/h4-8,13-15H,3,9-11H2,1-2H3/t13?,14-/m0/s1. The molecule has 1 aliphatic rings. The molecular formula is C14H22N2. The van der Waals surface area contributed by atoms with Crippen molar-refractivity contribution in [3.63, 3.8) is 0 Å². The van der Waals surface area contributed by atoms with Gasteiger partial charge in [0.1, 0.15) is 0 Å². The van der Waals surface area contributed by atoms with E-state index in [2.05, 4.69) is 54.5 Å². The predicted octanol–water partition coefficient (Wildman–Crippen LogP) is 1.91. The molecule has 16 heavy (non-hydrogen) atoms. The summed E-state index contributed by atoms with van der Waals surface area (Å²) in [6.45, 7) is 4.60. The van der Waals surface area contributed by atoms with Crippen molar-refractivity contribution in [3.8, 4) is 0 Å². The fraction of sp³-hybridized carbons (Fsp3) is 0.571. The number of hydrogen-bond acceptors (Lipinski definition) is 2. The molecule has 2 heteroatoms. The van der Waals surface area contributed by atoms with Crippen LogP contribution in [0.1, 0.15) is 18.9 Å². The second kappa shape index (κ2) is 5.46. The lowest BCUT2D eigenvalue weighted by molar-refractivity contribution is 0.188. The largest absolute Gasteiger partial charge is 0.308 e. The summed E-state index contributed by atoms with van der Waals surface area (Å²) in [5.41, 5.74) is 1.44. The first-order valence-electron chi connectivity index (χ1n) is 6.26. The third kappa shape index (κ3) is 3.06. The van der Waals surface area contributed by atoms with E-state index >= 15 is 0 Å². The van der Waals surface area contributed by atoms with Gasteiger partial charge in [-0.15, -0.1) is 0 Å². The van der Waals surface area contributed by atoms with Crippen LogP contribution in [0.25, 0.3) is 0 Å².